The number of carbonyl (C=O) groups excluding carboxylic acids is 1. The van der Waals surface area contributed by atoms with Gasteiger partial charge in [-0.1, -0.05) is 121 Å². The molecule has 8 aromatic rings. The molecule has 4 heterocycles. The summed E-state index contributed by atoms with van der Waals surface area (Å²) >= 11 is 0. The Morgan fingerprint density at radius 3 is 1.97 bits per heavy atom. The number of aromatic nitrogens is 5. The number of hydrogen-bond donors (Lipinski definition) is 1. The number of fused-ring (bicyclic) bond motifs is 4. The van der Waals surface area contributed by atoms with Crippen molar-refractivity contribution in [3.8, 4) is 34.3 Å². The first-order valence-corrected chi connectivity index (χ1v) is 20.7. The van der Waals surface area contributed by atoms with Crippen molar-refractivity contribution < 1.29 is 18.3 Å². The molecular formula is C50H43FN6O3. The van der Waals surface area contributed by atoms with Crippen LogP contribution in [0.4, 0.5) is 10.2 Å². The van der Waals surface area contributed by atoms with Crippen LogP contribution in [0.3, 0.4) is 0 Å². The number of pyridine rings is 1. The Kier molecular flexibility index (Phi) is 9.75. The molecule has 3 aliphatic carbocycles. The van der Waals surface area contributed by atoms with Crippen LogP contribution in [0.5, 0.6) is 0 Å². The van der Waals surface area contributed by atoms with E-state index in [1.54, 1.807) is 0 Å². The lowest BCUT2D eigenvalue weighted by Gasteiger charge is -2.47. The Balaban J connectivity index is 1.20. The maximum Gasteiger partial charge on any atom is 0.311 e. The molecule has 298 valence electrons. The van der Waals surface area contributed by atoms with Gasteiger partial charge in [-0.2, -0.15) is 5.10 Å². The van der Waals surface area contributed by atoms with Crippen molar-refractivity contribution in [2.45, 2.75) is 44.2 Å². The van der Waals surface area contributed by atoms with Gasteiger partial charge in [0.05, 0.1) is 24.1 Å². The van der Waals surface area contributed by atoms with E-state index in [9.17, 15) is 4.79 Å². The predicted molar refractivity (Wildman–Crippen MR) is 229 cm³/mol. The van der Waals surface area contributed by atoms with Crippen LogP contribution in [-0.2, 0) is 15.1 Å². The number of benzene rings is 4. The molecule has 4 aromatic heterocycles. The molecule has 2 atom stereocenters. The summed E-state index contributed by atoms with van der Waals surface area (Å²) in [5, 5.41) is 9.57. The van der Waals surface area contributed by atoms with E-state index in [1.807, 2.05) is 115 Å². The molecule has 0 unspecified atom stereocenters. The summed E-state index contributed by atoms with van der Waals surface area (Å²) < 4.78 is 29.6. The third-order valence-electron chi connectivity index (χ3n) is 12.3. The van der Waals surface area contributed by atoms with Crippen LogP contribution in [0, 0.1) is 23.6 Å². The molecule has 3 fully saturated rings. The standard InChI is InChI=1S/C50H43FN6O3/c1-2-59-49(58)44-33-23-25-34(26-24-33)45(44)54-43-30-40(42-28-27-41(60-42)32-15-7-3-8-16-32)53-47(55-43)46-39-29-38(51)31-52-48(39)57(56-46)50(35-17-9-4-10-18-35,36-19-11-5-12-20-36)37-21-13-6-14-22-37/h3-22,27-31,33-34,44-45H,2,23-26H2,1H3,(H,53,54,55)/t33?,34?,44-,45-/m0/s1. The van der Waals surface area contributed by atoms with Crippen LogP contribution < -0.4 is 5.32 Å². The zero-order valence-corrected chi connectivity index (χ0v) is 33.1. The fourth-order valence-electron chi connectivity index (χ4n) is 9.67. The summed E-state index contributed by atoms with van der Waals surface area (Å²) in [6, 6.07) is 47.3. The number of hydrogen-bond acceptors (Lipinski definition) is 8. The van der Waals surface area contributed by atoms with Crippen LogP contribution in [0.2, 0.25) is 0 Å². The summed E-state index contributed by atoms with van der Waals surface area (Å²) in [4.78, 5) is 28.6. The summed E-state index contributed by atoms with van der Waals surface area (Å²) in [6.07, 6.45) is 5.25. The van der Waals surface area contributed by atoms with E-state index in [0.717, 1.165) is 47.9 Å². The lowest BCUT2D eigenvalue weighted by atomic mass is 9.61. The molecule has 0 amide bonds. The van der Waals surface area contributed by atoms with Crippen molar-refractivity contribution in [1.82, 2.24) is 24.7 Å². The zero-order chi connectivity index (χ0) is 40.6. The molecule has 1 N–H and O–H groups in total. The third-order valence-corrected chi connectivity index (χ3v) is 12.3. The summed E-state index contributed by atoms with van der Waals surface area (Å²) in [5.41, 5.74) is 3.97. The highest BCUT2D eigenvalue weighted by Crippen LogP contribution is 2.48. The van der Waals surface area contributed by atoms with E-state index < -0.39 is 11.4 Å². The van der Waals surface area contributed by atoms with Crippen molar-refractivity contribution in [3.05, 3.63) is 174 Å². The van der Waals surface area contributed by atoms with E-state index in [4.69, 9.17) is 29.2 Å². The van der Waals surface area contributed by atoms with Crippen LogP contribution in [0.15, 0.2) is 156 Å². The molecule has 3 saturated carbocycles. The van der Waals surface area contributed by atoms with Gasteiger partial charge in [0.15, 0.2) is 17.2 Å². The number of carbonyl (C=O) groups is 1. The molecule has 2 bridgehead atoms. The number of anilines is 1. The van der Waals surface area contributed by atoms with Gasteiger partial charge in [-0.15, -0.1) is 0 Å². The van der Waals surface area contributed by atoms with Gasteiger partial charge in [-0.25, -0.2) is 24.0 Å². The van der Waals surface area contributed by atoms with Crippen LogP contribution in [0.1, 0.15) is 49.3 Å². The third kappa shape index (κ3) is 6.52. The average Bonchev–Trinajstić information content (AvgIpc) is 3.95. The predicted octanol–water partition coefficient (Wildman–Crippen LogP) is 10.6. The second-order valence-corrected chi connectivity index (χ2v) is 15.7. The lowest BCUT2D eigenvalue weighted by Crippen LogP contribution is -2.52. The van der Waals surface area contributed by atoms with Gasteiger partial charge in [-0.3, -0.25) is 4.79 Å². The first-order chi connectivity index (χ1) is 29.5. The van der Waals surface area contributed by atoms with Crippen LogP contribution >= 0.6 is 0 Å². The molecule has 4 aromatic carbocycles. The monoisotopic (exact) mass is 794 g/mol. The Hall–Kier alpha value is -6.94. The first-order valence-electron chi connectivity index (χ1n) is 20.7. The van der Waals surface area contributed by atoms with Crippen molar-refractivity contribution in [3.63, 3.8) is 0 Å². The number of nitrogens with zero attached hydrogens (tertiary/aromatic N) is 5. The minimum absolute atomic E-state index is 0.178. The van der Waals surface area contributed by atoms with Gasteiger partial charge in [-0.05, 0) is 79.3 Å². The van der Waals surface area contributed by atoms with Crippen molar-refractivity contribution in [2.24, 2.45) is 17.8 Å². The van der Waals surface area contributed by atoms with Gasteiger partial charge in [0, 0.05) is 17.7 Å². The van der Waals surface area contributed by atoms with Crippen LogP contribution in [-0.4, -0.2) is 43.4 Å². The Morgan fingerprint density at radius 1 is 0.767 bits per heavy atom. The minimum atomic E-state index is -1.05. The van der Waals surface area contributed by atoms with E-state index in [-0.39, 0.29) is 35.6 Å². The van der Waals surface area contributed by atoms with Crippen molar-refractivity contribution >= 4 is 22.8 Å². The normalized spacial score (nSPS) is 18.7. The van der Waals surface area contributed by atoms with Gasteiger partial charge in [0.2, 0.25) is 0 Å². The molecule has 11 rings (SSSR count). The van der Waals surface area contributed by atoms with E-state index in [1.165, 1.54) is 12.3 Å². The van der Waals surface area contributed by atoms with Gasteiger partial charge >= 0.3 is 5.97 Å². The first kappa shape index (κ1) is 37.3. The van der Waals surface area contributed by atoms with Gasteiger partial charge in [0.1, 0.15) is 34.3 Å². The quantitative estimate of drug-likeness (QED) is 0.102. The van der Waals surface area contributed by atoms with Crippen molar-refractivity contribution in [2.75, 3.05) is 11.9 Å². The smallest absolute Gasteiger partial charge is 0.311 e. The maximum atomic E-state index is 15.6. The van der Waals surface area contributed by atoms with E-state index >= 15 is 4.39 Å². The minimum Gasteiger partial charge on any atom is -0.466 e. The molecule has 0 saturated heterocycles. The largest absolute Gasteiger partial charge is 0.466 e. The maximum absolute atomic E-state index is 15.6. The Labute approximate surface area is 347 Å². The van der Waals surface area contributed by atoms with Gasteiger partial charge < -0.3 is 14.5 Å². The van der Waals surface area contributed by atoms with E-state index in [0.29, 0.717) is 46.4 Å². The Bertz CT molecular complexity index is 2670. The topological polar surface area (TPSA) is 108 Å². The summed E-state index contributed by atoms with van der Waals surface area (Å²) in [5.74, 6) is 1.45. The van der Waals surface area contributed by atoms with Gasteiger partial charge in [0.25, 0.3) is 0 Å². The summed E-state index contributed by atoms with van der Waals surface area (Å²) in [6.45, 7) is 2.17. The fraction of sp³-hybridized carbons (Fsp3) is 0.220. The summed E-state index contributed by atoms with van der Waals surface area (Å²) in [7, 11) is 0. The second kappa shape index (κ2) is 15.7. The number of esters is 1. The number of ether oxygens (including phenoxy) is 1. The van der Waals surface area contributed by atoms with E-state index in [2.05, 4.69) is 41.7 Å². The molecular weight excluding hydrogens is 752 g/mol. The molecule has 0 spiro atoms. The Morgan fingerprint density at radius 2 is 1.35 bits per heavy atom. The highest BCUT2D eigenvalue weighted by Gasteiger charge is 2.48. The molecule has 0 radical (unpaired) electrons. The van der Waals surface area contributed by atoms with Crippen LogP contribution in [0.25, 0.3) is 45.3 Å². The number of nitrogens with one attached hydrogen (secondary N) is 1. The fourth-order valence-corrected chi connectivity index (χ4v) is 9.67. The number of halogens is 1. The molecule has 10 heteroatoms. The van der Waals surface area contributed by atoms with Crippen molar-refractivity contribution in [1.29, 1.82) is 0 Å². The SMILES string of the molecule is CCOC(=O)[C@H]1C2CCC(CC2)[C@@H]1Nc1cc(-c2ccc(-c3ccccc3)o2)nc(-c2nn(C(c3ccccc3)(c3ccccc3)c3ccccc3)c3ncc(F)cc23)n1. The number of rotatable bonds is 11. The molecule has 0 aliphatic heterocycles. The molecule has 60 heavy (non-hydrogen) atoms. The number of furan rings is 1. The average molecular weight is 795 g/mol. The second-order valence-electron chi connectivity index (χ2n) is 15.7. The molecule has 3 aliphatic rings. The highest BCUT2D eigenvalue weighted by atomic mass is 19.1. The molecule has 9 nitrogen and oxygen atoms in total. The highest BCUT2D eigenvalue weighted by molar-refractivity contribution is 5.90. The zero-order valence-electron chi connectivity index (χ0n) is 33.1. The lowest BCUT2D eigenvalue weighted by molar-refractivity contribution is -0.154.